The molecule has 0 radical (unpaired) electrons. The van der Waals surface area contributed by atoms with Gasteiger partial charge in [-0.15, -0.1) is 0 Å². The Morgan fingerprint density at radius 2 is 2.00 bits per heavy atom. The molecule has 0 saturated carbocycles. The molecule has 0 aliphatic carbocycles. The third-order valence-corrected chi connectivity index (χ3v) is 2.37. The van der Waals surface area contributed by atoms with Crippen molar-refractivity contribution in [1.29, 1.82) is 0 Å². The second kappa shape index (κ2) is 5.21. The molecule has 7 heteroatoms. The number of hydrogen-bond acceptors (Lipinski definition) is 6. The molecule has 0 bridgehead atoms. The minimum Gasteiger partial charge on any atom is -0.417 e. The summed E-state index contributed by atoms with van der Waals surface area (Å²) in [5.41, 5.74) is 0.642. The molecule has 96 valence electrons. The molecule has 1 heterocycles. The van der Waals surface area contributed by atoms with Gasteiger partial charge in [-0.05, 0) is 13.0 Å². The van der Waals surface area contributed by atoms with Gasteiger partial charge in [0.25, 0.3) is 0 Å². The van der Waals surface area contributed by atoms with Gasteiger partial charge in [-0.25, -0.2) is 9.97 Å². The molecule has 1 aromatic heterocycles. The number of benzene rings is 1. The Kier molecular flexibility index (Phi) is 3.46. The van der Waals surface area contributed by atoms with E-state index < -0.39 is 4.92 Å². The highest BCUT2D eigenvalue weighted by molar-refractivity contribution is 5.73. The first-order valence-corrected chi connectivity index (χ1v) is 5.31. The first-order valence-electron chi connectivity index (χ1n) is 5.31. The Labute approximate surface area is 108 Å². The quantitative estimate of drug-likeness (QED) is 0.475. The van der Waals surface area contributed by atoms with E-state index in [-0.39, 0.29) is 17.4 Å². The summed E-state index contributed by atoms with van der Waals surface area (Å²) in [5.74, 6) is 0.0591. The fourth-order valence-corrected chi connectivity index (χ4v) is 1.49. The zero-order valence-electron chi connectivity index (χ0n) is 9.94. The van der Waals surface area contributed by atoms with Crippen molar-refractivity contribution >= 4 is 12.0 Å². The van der Waals surface area contributed by atoms with Gasteiger partial charge in [0.2, 0.25) is 5.75 Å². The molecule has 19 heavy (non-hydrogen) atoms. The third kappa shape index (κ3) is 2.71. The number of aldehydes is 1. The van der Waals surface area contributed by atoms with Crippen LogP contribution in [0.2, 0.25) is 0 Å². The van der Waals surface area contributed by atoms with Crippen LogP contribution in [0.4, 0.5) is 5.69 Å². The van der Waals surface area contributed by atoms with Crippen molar-refractivity contribution in [2.45, 2.75) is 6.92 Å². The molecule has 7 nitrogen and oxygen atoms in total. The summed E-state index contributed by atoms with van der Waals surface area (Å²) in [4.78, 5) is 28.5. The second-order valence-corrected chi connectivity index (χ2v) is 3.70. The van der Waals surface area contributed by atoms with Crippen molar-refractivity contribution in [3.63, 3.8) is 0 Å². The lowest BCUT2D eigenvalue weighted by Crippen LogP contribution is -1.98. The third-order valence-electron chi connectivity index (χ3n) is 2.37. The van der Waals surface area contributed by atoms with E-state index in [4.69, 9.17) is 4.74 Å². The molecular weight excluding hydrogens is 250 g/mol. The van der Waals surface area contributed by atoms with Gasteiger partial charge in [-0.3, -0.25) is 14.9 Å². The zero-order valence-corrected chi connectivity index (χ0v) is 9.94. The molecule has 0 aliphatic rings. The molecule has 0 unspecified atom stereocenters. The highest BCUT2D eigenvalue weighted by Crippen LogP contribution is 2.32. The Bertz CT molecular complexity index is 625. The average Bonchev–Trinajstić information content (AvgIpc) is 2.39. The van der Waals surface area contributed by atoms with Crippen LogP contribution >= 0.6 is 0 Å². The van der Waals surface area contributed by atoms with Crippen molar-refractivity contribution in [2.24, 2.45) is 0 Å². The smallest absolute Gasteiger partial charge is 0.322 e. The van der Waals surface area contributed by atoms with Crippen molar-refractivity contribution in [1.82, 2.24) is 9.97 Å². The van der Waals surface area contributed by atoms with Crippen LogP contribution in [0.1, 0.15) is 15.9 Å². The molecule has 1 aromatic carbocycles. The number of nitro groups is 1. The van der Waals surface area contributed by atoms with Crippen molar-refractivity contribution in [3.05, 3.63) is 51.8 Å². The topological polar surface area (TPSA) is 95.2 Å². The predicted molar refractivity (Wildman–Crippen MR) is 65.3 cm³/mol. The number of carbonyl (C=O) groups is 1. The summed E-state index contributed by atoms with van der Waals surface area (Å²) in [7, 11) is 0. The summed E-state index contributed by atoms with van der Waals surface area (Å²) < 4.78 is 5.27. The van der Waals surface area contributed by atoms with Gasteiger partial charge in [0.1, 0.15) is 0 Å². The van der Waals surface area contributed by atoms with Gasteiger partial charge in [-0.1, -0.05) is 12.1 Å². The van der Waals surface area contributed by atoms with Gasteiger partial charge in [0.05, 0.1) is 10.5 Å². The minimum absolute atomic E-state index is 0.0562. The highest BCUT2D eigenvalue weighted by atomic mass is 16.6. The maximum Gasteiger partial charge on any atom is 0.322 e. The van der Waals surface area contributed by atoms with E-state index in [1.54, 1.807) is 19.1 Å². The van der Waals surface area contributed by atoms with Crippen molar-refractivity contribution < 1.29 is 14.5 Å². The maximum atomic E-state index is 11.0. The van der Waals surface area contributed by atoms with Gasteiger partial charge in [0, 0.05) is 18.0 Å². The molecule has 0 aliphatic heterocycles. The fraction of sp³-hybridized carbons (Fsp3) is 0.0833. The van der Waals surface area contributed by atoms with Gasteiger partial charge < -0.3 is 4.74 Å². The summed E-state index contributed by atoms with van der Waals surface area (Å²) in [6, 6.07) is 4.65. The van der Waals surface area contributed by atoms with E-state index in [2.05, 4.69) is 9.97 Å². The van der Waals surface area contributed by atoms with Crippen LogP contribution in [-0.4, -0.2) is 21.2 Å². The van der Waals surface area contributed by atoms with Gasteiger partial charge in [-0.2, -0.15) is 0 Å². The van der Waals surface area contributed by atoms with E-state index in [0.29, 0.717) is 17.4 Å². The maximum absolute atomic E-state index is 11.0. The first-order chi connectivity index (χ1) is 9.11. The molecule has 0 N–H and O–H groups in total. The Hall–Kier alpha value is -2.83. The van der Waals surface area contributed by atoms with Crippen LogP contribution in [0.25, 0.3) is 0 Å². The van der Waals surface area contributed by atoms with Crippen LogP contribution in [-0.2, 0) is 0 Å². The summed E-state index contributed by atoms with van der Waals surface area (Å²) in [6.45, 7) is 1.61. The number of carbonyl (C=O) groups excluding carboxylic acids is 1. The lowest BCUT2D eigenvalue weighted by atomic mass is 10.2. The number of nitrogens with zero attached hydrogens (tertiary/aromatic N) is 3. The Morgan fingerprint density at radius 3 is 2.58 bits per heavy atom. The minimum atomic E-state index is -0.523. The van der Waals surface area contributed by atoms with Gasteiger partial charge >= 0.3 is 11.7 Å². The molecule has 0 saturated heterocycles. The largest absolute Gasteiger partial charge is 0.417 e. The zero-order chi connectivity index (χ0) is 13.8. The second-order valence-electron chi connectivity index (χ2n) is 3.70. The van der Waals surface area contributed by atoms with E-state index in [1.807, 2.05) is 0 Å². The van der Waals surface area contributed by atoms with Crippen molar-refractivity contribution in [3.8, 4) is 11.8 Å². The molecular formula is C12H9N3O4. The standard InChI is InChI=1S/C12H9N3O4/c1-8-3-2-4-10(11(8)15(17)18)19-12-13-5-9(7-16)6-14-12/h2-7H,1H3. The fourth-order valence-electron chi connectivity index (χ4n) is 1.49. The van der Waals surface area contributed by atoms with Crippen LogP contribution in [0.3, 0.4) is 0 Å². The van der Waals surface area contributed by atoms with Gasteiger partial charge in [0.15, 0.2) is 6.29 Å². The summed E-state index contributed by atoms with van der Waals surface area (Å²) in [5, 5.41) is 11.0. The molecule has 0 atom stereocenters. The number of nitro benzene ring substituents is 1. The molecule has 0 amide bonds. The van der Waals surface area contributed by atoms with Crippen LogP contribution < -0.4 is 4.74 Å². The molecule has 0 spiro atoms. The average molecular weight is 259 g/mol. The lowest BCUT2D eigenvalue weighted by molar-refractivity contribution is -0.386. The SMILES string of the molecule is Cc1cccc(Oc2ncc(C=O)cn2)c1[N+](=O)[O-]. The number of aromatic nitrogens is 2. The first kappa shape index (κ1) is 12.6. The van der Waals surface area contributed by atoms with E-state index in [1.165, 1.54) is 18.5 Å². The van der Waals surface area contributed by atoms with Crippen LogP contribution in [0.15, 0.2) is 30.6 Å². The lowest BCUT2D eigenvalue weighted by Gasteiger charge is -2.05. The van der Waals surface area contributed by atoms with Crippen molar-refractivity contribution in [2.75, 3.05) is 0 Å². The van der Waals surface area contributed by atoms with E-state index in [0.717, 1.165) is 0 Å². The summed E-state index contributed by atoms with van der Waals surface area (Å²) >= 11 is 0. The normalized spacial score (nSPS) is 9.95. The Morgan fingerprint density at radius 1 is 1.32 bits per heavy atom. The molecule has 0 fully saturated rings. The predicted octanol–water partition coefficient (Wildman–Crippen LogP) is 2.30. The Balaban J connectivity index is 2.34. The number of hydrogen-bond donors (Lipinski definition) is 0. The molecule has 2 aromatic rings. The highest BCUT2D eigenvalue weighted by Gasteiger charge is 2.19. The molecule has 2 rings (SSSR count). The van der Waals surface area contributed by atoms with E-state index >= 15 is 0 Å². The van der Waals surface area contributed by atoms with E-state index in [9.17, 15) is 14.9 Å². The summed E-state index contributed by atoms with van der Waals surface area (Å²) in [6.07, 6.45) is 3.15. The monoisotopic (exact) mass is 259 g/mol. The number of ether oxygens (including phenoxy) is 1. The number of rotatable bonds is 4. The van der Waals surface area contributed by atoms with Crippen LogP contribution in [0, 0.1) is 17.0 Å². The van der Waals surface area contributed by atoms with Crippen LogP contribution in [0.5, 0.6) is 11.8 Å². The number of aryl methyl sites for hydroxylation is 1. The number of para-hydroxylation sites is 1.